The Morgan fingerprint density at radius 2 is 2.33 bits per heavy atom. The monoisotopic (exact) mass is 331 g/mol. The summed E-state index contributed by atoms with van der Waals surface area (Å²) in [5.41, 5.74) is 0.405. The molecule has 24 heavy (non-hydrogen) atoms. The fourth-order valence-corrected chi connectivity index (χ4v) is 3.97. The SMILES string of the molecule is O=C(c1ccncn1)N1CC[C@@H]2OCCC[C@@]2(COCC2CC2)C1. The first-order valence-corrected chi connectivity index (χ1v) is 9.01. The van der Waals surface area contributed by atoms with E-state index in [4.69, 9.17) is 9.47 Å². The van der Waals surface area contributed by atoms with Crippen LogP contribution in [0.15, 0.2) is 18.6 Å². The second kappa shape index (κ2) is 6.76. The molecule has 3 heterocycles. The van der Waals surface area contributed by atoms with Crippen LogP contribution >= 0.6 is 0 Å². The van der Waals surface area contributed by atoms with Crippen molar-refractivity contribution in [3.63, 3.8) is 0 Å². The molecule has 3 fully saturated rings. The molecule has 6 heteroatoms. The van der Waals surface area contributed by atoms with E-state index in [1.165, 1.54) is 19.2 Å². The predicted molar refractivity (Wildman–Crippen MR) is 87.5 cm³/mol. The summed E-state index contributed by atoms with van der Waals surface area (Å²) in [5.74, 6) is 0.745. The molecule has 2 saturated heterocycles. The molecule has 1 saturated carbocycles. The number of nitrogens with zero attached hydrogens (tertiary/aromatic N) is 3. The highest BCUT2D eigenvalue weighted by atomic mass is 16.5. The van der Waals surface area contributed by atoms with E-state index in [-0.39, 0.29) is 17.4 Å². The number of carbonyl (C=O) groups excluding carboxylic acids is 1. The van der Waals surface area contributed by atoms with Gasteiger partial charge in [0.05, 0.1) is 12.7 Å². The van der Waals surface area contributed by atoms with Crippen molar-refractivity contribution in [1.82, 2.24) is 14.9 Å². The summed E-state index contributed by atoms with van der Waals surface area (Å²) in [7, 11) is 0. The molecule has 1 aliphatic carbocycles. The number of hydrogen-bond donors (Lipinski definition) is 0. The van der Waals surface area contributed by atoms with E-state index in [2.05, 4.69) is 9.97 Å². The molecule has 2 aliphatic heterocycles. The minimum atomic E-state index is -0.0614. The third-order valence-corrected chi connectivity index (χ3v) is 5.52. The van der Waals surface area contributed by atoms with E-state index in [9.17, 15) is 4.79 Å². The summed E-state index contributed by atoms with van der Waals surface area (Å²) in [5, 5.41) is 0. The molecule has 4 rings (SSSR count). The van der Waals surface area contributed by atoms with Crippen molar-refractivity contribution in [3.05, 3.63) is 24.3 Å². The largest absolute Gasteiger partial charge is 0.380 e. The van der Waals surface area contributed by atoms with E-state index in [0.29, 0.717) is 18.8 Å². The van der Waals surface area contributed by atoms with Gasteiger partial charge in [-0.1, -0.05) is 0 Å². The van der Waals surface area contributed by atoms with Crippen LogP contribution in [-0.4, -0.2) is 59.8 Å². The van der Waals surface area contributed by atoms with Gasteiger partial charge in [0.1, 0.15) is 12.0 Å². The molecule has 0 unspecified atom stereocenters. The molecule has 0 N–H and O–H groups in total. The number of amides is 1. The van der Waals surface area contributed by atoms with Gasteiger partial charge < -0.3 is 14.4 Å². The summed E-state index contributed by atoms with van der Waals surface area (Å²) in [4.78, 5) is 22.7. The van der Waals surface area contributed by atoms with Crippen LogP contribution in [0.25, 0.3) is 0 Å². The molecular formula is C18H25N3O3. The maximum atomic E-state index is 12.8. The molecule has 0 aromatic carbocycles. The lowest BCUT2D eigenvalue weighted by molar-refractivity contribution is -0.147. The molecule has 0 radical (unpaired) electrons. The van der Waals surface area contributed by atoms with Crippen molar-refractivity contribution in [1.29, 1.82) is 0 Å². The number of ether oxygens (including phenoxy) is 2. The van der Waals surface area contributed by atoms with Crippen molar-refractivity contribution in [3.8, 4) is 0 Å². The minimum absolute atomic E-state index is 0.0111. The molecule has 6 nitrogen and oxygen atoms in total. The van der Waals surface area contributed by atoms with Gasteiger partial charge >= 0.3 is 0 Å². The average Bonchev–Trinajstić information content (AvgIpc) is 3.45. The molecule has 3 aliphatic rings. The topological polar surface area (TPSA) is 64.6 Å². The van der Waals surface area contributed by atoms with E-state index in [1.54, 1.807) is 12.3 Å². The van der Waals surface area contributed by atoms with Crippen LogP contribution in [-0.2, 0) is 9.47 Å². The van der Waals surface area contributed by atoms with E-state index in [1.807, 2.05) is 4.90 Å². The predicted octanol–water partition coefficient (Wildman–Crippen LogP) is 1.91. The Labute approximate surface area is 142 Å². The highest BCUT2D eigenvalue weighted by molar-refractivity contribution is 5.92. The van der Waals surface area contributed by atoms with Gasteiger partial charge in [-0.15, -0.1) is 0 Å². The molecule has 2 atom stereocenters. The van der Waals surface area contributed by atoms with Gasteiger partial charge in [0.2, 0.25) is 0 Å². The first-order valence-electron chi connectivity index (χ1n) is 9.01. The summed E-state index contributed by atoms with van der Waals surface area (Å²) in [6.45, 7) is 3.80. The molecule has 130 valence electrons. The zero-order valence-electron chi connectivity index (χ0n) is 14.0. The van der Waals surface area contributed by atoms with Crippen molar-refractivity contribution < 1.29 is 14.3 Å². The van der Waals surface area contributed by atoms with Gasteiger partial charge in [-0.2, -0.15) is 0 Å². The first kappa shape index (κ1) is 16.0. The summed E-state index contributed by atoms with van der Waals surface area (Å²) in [6, 6.07) is 1.68. The first-order chi connectivity index (χ1) is 11.8. The van der Waals surface area contributed by atoms with Crippen LogP contribution in [0.4, 0.5) is 0 Å². The van der Waals surface area contributed by atoms with Gasteiger partial charge in [-0.25, -0.2) is 9.97 Å². The molecule has 1 aromatic heterocycles. The molecule has 0 spiro atoms. The standard InChI is InChI=1S/C18H25N3O3/c22-17(15-4-7-19-13-20-15)21-8-5-16-18(11-21,6-1-9-24-16)12-23-10-14-2-3-14/h4,7,13-14,16H,1-3,5-6,8-12H2/t16-,18-/m0/s1. The van der Waals surface area contributed by atoms with Crippen LogP contribution in [0.3, 0.4) is 0 Å². The Hall–Kier alpha value is -1.53. The fraction of sp³-hybridized carbons (Fsp3) is 0.722. The maximum absolute atomic E-state index is 12.8. The number of hydrogen-bond acceptors (Lipinski definition) is 5. The van der Waals surface area contributed by atoms with Gasteiger partial charge in [-0.3, -0.25) is 4.79 Å². The lowest BCUT2D eigenvalue weighted by atomic mass is 9.73. The van der Waals surface area contributed by atoms with Crippen molar-refractivity contribution in [2.45, 2.75) is 38.2 Å². The van der Waals surface area contributed by atoms with Gasteiger partial charge in [-0.05, 0) is 44.1 Å². The van der Waals surface area contributed by atoms with Crippen molar-refractivity contribution in [2.75, 3.05) is 32.9 Å². The Kier molecular flexibility index (Phi) is 4.50. The van der Waals surface area contributed by atoms with Crippen LogP contribution in [0.2, 0.25) is 0 Å². The Bertz CT molecular complexity index is 578. The minimum Gasteiger partial charge on any atom is -0.380 e. The molecule has 0 bridgehead atoms. The van der Waals surface area contributed by atoms with E-state index < -0.39 is 0 Å². The summed E-state index contributed by atoms with van der Waals surface area (Å²) < 4.78 is 12.1. The lowest BCUT2D eigenvalue weighted by Gasteiger charge is -2.50. The highest BCUT2D eigenvalue weighted by Crippen LogP contribution is 2.41. The van der Waals surface area contributed by atoms with Crippen molar-refractivity contribution in [2.24, 2.45) is 11.3 Å². The Morgan fingerprint density at radius 3 is 3.12 bits per heavy atom. The quantitative estimate of drug-likeness (QED) is 0.825. The third kappa shape index (κ3) is 3.30. The normalized spacial score (nSPS) is 30.0. The molecular weight excluding hydrogens is 306 g/mol. The highest BCUT2D eigenvalue weighted by Gasteiger charge is 2.47. The third-order valence-electron chi connectivity index (χ3n) is 5.52. The number of rotatable bonds is 5. The number of aromatic nitrogens is 2. The summed E-state index contributed by atoms with van der Waals surface area (Å²) >= 11 is 0. The molecule has 1 aromatic rings. The van der Waals surface area contributed by atoms with Crippen molar-refractivity contribution >= 4 is 5.91 Å². The Balaban J connectivity index is 1.46. The average molecular weight is 331 g/mol. The second-order valence-corrected chi connectivity index (χ2v) is 7.39. The van der Waals surface area contributed by atoms with Crippen LogP contribution in [0.5, 0.6) is 0 Å². The zero-order valence-corrected chi connectivity index (χ0v) is 14.0. The smallest absolute Gasteiger partial charge is 0.272 e. The van der Waals surface area contributed by atoms with Crippen LogP contribution < -0.4 is 0 Å². The number of carbonyl (C=O) groups is 1. The lowest BCUT2D eigenvalue weighted by Crippen LogP contribution is -2.58. The maximum Gasteiger partial charge on any atom is 0.272 e. The number of likely N-dealkylation sites (tertiary alicyclic amines) is 1. The fourth-order valence-electron chi connectivity index (χ4n) is 3.97. The molecule has 1 amide bonds. The Morgan fingerprint density at radius 1 is 1.42 bits per heavy atom. The van der Waals surface area contributed by atoms with Crippen LogP contribution in [0, 0.1) is 11.3 Å². The number of piperidine rings is 1. The summed E-state index contributed by atoms with van der Waals surface area (Å²) in [6.07, 6.45) is 8.83. The second-order valence-electron chi connectivity index (χ2n) is 7.39. The van der Waals surface area contributed by atoms with E-state index in [0.717, 1.165) is 44.9 Å². The zero-order chi connectivity index (χ0) is 16.4. The van der Waals surface area contributed by atoms with E-state index >= 15 is 0 Å². The van der Waals surface area contributed by atoms with Crippen LogP contribution in [0.1, 0.15) is 42.6 Å². The number of fused-ring (bicyclic) bond motifs is 1. The van der Waals surface area contributed by atoms with Gasteiger partial charge in [0.15, 0.2) is 0 Å². The van der Waals surface area contributed by atoms with Gasteiger partial charge in [0.25, 0.3) is 5.91 Å². The van der Waals surface area contributed by atoms with Gasteiger partial charge in [0, 0.05) is 37.9 Å².